The van der Waals surface area contributed by atoms with E-state index in [1.54, 1.807) is 17.7 Å². The van der Waals surface area contributed by atoms with E-state index in [1.165, 1.54) is 22.0 Å². The second kappa shape index (κ2) is 8.67. The van der Waals surface area contributed by atoms with Crippen molar-refractivity contribution in [2.24, 2.45) is 5.92 Å². The Labute approximate surface area is 209 Å². The Bertz CT molecular complexity index is 1400. The minimum absolute atomic E-state index is 0.00175. The molecule has 2 aliphatic rings. The topological polar surface area (TPSA) is 93.1 Å². The molecule has 1 aliphatic heterocycles. The second-order valence-corrected chi connectivity index (χ2v) is 11.3. The molecule has 4 aromatic rings. The minimum Gasteiger partial charge on any atom is -0.372 e. The smallest absolute Gasteiger partial charge is 0.226 e. The van der Waals surface area contributed by atoms with Crippen molar-refractivity contribution in [2.75, 3.05) is 18.4 Å². The molecule has 0 unspecified atom stereocenters. The molecule has 0 bridgehead atoms. The molecule has 6 rings (SSSR count). The van der Waals surface area contributed by atoms with Crippen molar-refractivity contribution in [3.63, 3.8) is 0 Å². The van der Waals surface area contributed by atoms with E-state index in [4.69, 9.17) is 16.3 Å². The zero-order chi connectivity index (χ0) is 23.4. The fourth-order valence-electron chi connectivity index (χ4n) is 5.06. The van der Waals surface area contributed by atoms with Crippen molar-refractivity contribution < 1.29 is 9.53 Å². The van der Waals surface area contributed by atoms with Crippen molar-refractivity contribution in [1.29, 1.82) is 0 Å². The minimum atomic E-state index is -0.00175. The lowest BCUT2D eigenvalue weighted by molar-refractivity contribution is -0.147. The average Bonchev–Trinajstić information content (AvgIpc) is 3.41. The molecule has 8 nitrogen and oxygen atoms in total. The van der Waals surface area contributed by atoms with Gasteiger partial charge in [-0.25, -0.2) is 9.97 Å². The van der Waals surface area contributed by atoms with Crippen LogP contribution in [0.3, 0.4) is 0 Å². The summed E-state index contributed by atoms with van der Waals surface area (Å²) in [6.45, 7) is 5.39. The highest BCUT2D eigenvalue weighted by atomic mass is 35.5. The number of nitrogens with one attached hydrogen (secondary N) is 1. The number of ether oxygens (including phenoxy) is 1. The number of carbonyl (C=O) groups is 1. The predicted molar refractivity (Wildman–Crippen MR) is 135 cm³/mol. The van der Waals surface area contributed by atoms with Crippen molar-refractivity contribution >= 4 is 72.3 Å². The van der Waals surface area contributed by atoms with Crippen LogP contribution in [0.4, 0.5) is 11.5 Å². The molecule has 1 aromatic carbocycles. The summed E-state index contributed by atoms with van der Waals surface area (Å²) < 4.78 is 10.8. The molecular formula is C23H23ClN6O2S2. The predicted octanol–water partition coefficient (Wildman–Crippen LogP) is 4.83. The van der Waals surface area contributed by atoms with Crippen LogP contribution < -0.4 is 5.32 Å². The van der Waals surface area contributed by atoms with Gasteiger partial charge in [-0.1, -0.05) is 16.1 Å². The van der Waals surface area contributed by atoms with Crippen LogP contribution in [0.2, 0.25) is 5.02 Å². The highest BCUT2D eigenvalue weighted by Crippen LogP contribution is 2.41. The molecule has 1 saturated heterocycles. The molecule has 0 spiro atoms. The van der Waals surface area contributed by atoms with Gasteiger partial charge in [-0.05, 0) is 62.3 Å². The molecule has 1 amide bonds. The van der Waals surface area contributed by atoms with Crippen molar-refractivity contribution in [1.82, 2.24) is 24.5 Å². The zero-order valence-corrected chi connectivity index (χ0v) is 21.1. The van der Waals surface area contributed by atoms with Crippen molar-refractivity contribution in [3.05, 3.63) is 33.9 Å². The van der Waals surface area contributed by atoms with E-state index in [0.717, 1.165) is 51.2 Å². The summed E-state index contributed by atoms with van der Waals surface area (Å²) in [4.78, 5) is 26.5. The first-order valence-electron chi connectivity index (χ1n) is 11.3. The fraction of sp³-hybridized carbons (Fsp3) is 0.435. The van der Waals surface area contributed by atoms with E-state index >= 15 is 0 Å². The Morgan fingerprint density at radius 3 is 2.88 bits per heavy atom. The van der Waals surface area contributed by atoms with Crippen LogP contribution in [-0.2, 0) is 22.4 Å². The van der Waals surface area contributed by atoms with Gasteiger partial charge in [0, 0.05) is 23.9 Å². The van der Waals surface area contributed by atoms with Gasteiger partial charge in [-0.2, -0.15) is 0 Å². The van der Waals surface area contributed by atoms with E-state index in [1.807, 2.05) is 30.9 Å². The number of anilines is 2. The van der Waals surface area contributed by atoms with Gasteiger partial charge in [0.05, 0.1) is 33.0 Å². The number of rotatable bonds is 3. The summed E-state index contributed by atoms with van der Waals surface area (Å²) in [7, 11) is 0. The SMILES string of the molecule is C[C@H]1CN(C(=O)[C@H]2CCc3c(sc4ncnc(Nc5cc6snnc6cc5Cl)c34)C2)C[C@H](C)O1. The molecule has 3 aromatic heterocycles. The van der Waals surface area contributed by atoms with Crippen LogP contribution in [0, 0.1) is 5.92 Å². The summed E-state index contributed by atoms with van der Waals surface area (Å²) in [5.74, 6) is 0.979. The van der Waals surface area contributed by atoms with Gasteiger partial charge in [-0.15, -0.1) is 16.4 Å². The quantitative estimate of drug-likeness (QED) is 0.418. The van der Waals surface area contributed by atoms with Gasteiger partial charge in [0.25, 0.3) is 0 Å². The summed E-state index contributed by atoms with van der Waals surface area (Å²) in [5.41, 5.74) is 2.79. The molecule has 34 heavy (non-hydrogen) atoms. The number of hydrogen-bond donors (Lipinski definition) is 1. The highest BCUT2D eigenvalue weighted by molar-refractivity contribution is 7.19. The summed E-state index contributed by atoms with van der Waals surface area (Å²) in [6, 6.07) is 3.77. The molecule has 0 radical (unpaired) electrons. The fourth-order valence-corrected chi connectivity index (χ4v) is 7.11. The number of carbonyl (C=O) groups excluding carboxylic acids is 1. The number of thiophene rings is 1. The number of hydrogen-bond acceptors (Lipinski definition) is 9. The third-order valence-electron chi connectivity index (χ3n) is 6.52. The van der Waals surface area contributed by atoms with Crippen LogP contribution in [0.1, 0.15) is 30.7 Å². The van der Waals surface area contributed by atoms with Crippen LogP contribution in [0.15, 0.2) is 18.5 Å². The summed E-state index contributed by atoms with van der Waals surface area (Å²) in [5, 5.41) is 9.09. The zero-order valence-electron chi connectivity index (χ0n) is 18.7. The maximum absolute atomic E-state index is 13.3. The number of benzene rings is 1. The molecule has 176 valence electrons. The molecule has 4 heterocycles. The number of halogens is 1. The van der Waals surface area contributed by atoms with Crippen molar-refractivity contribution in [2.45, 2.75) is 45.3 Å². The van der Waals surface area contributed by atoms with Crippen LogP contribution in [0.5, 0.6) is 0 Å². The molecule has 1 aliphatic carbocycles. The normalized spacial score (nSPS) is 22.8. The number of fused-ring (bicyclic) bond motifs is 4. The third-order valence-corrected chi connectivity index (χ3v) is 8.68. The van der Waals surface area contributed by atoms with Gasteiger partial charge >= 0.3 is 0 Å². The van der Waals surface area contributed by atoms with Crippen LogP contribution >= 0.6 is 34.5 Å². The van der Waals surface area contributed by atoms with Gasteiger partial charge in [0.15, 0.2) is 0 Å². The van der Waals surface area contributed by atoms with E-state index < -0.39 is 0 Å². The maximum atomic E-state index is 13.3. The van der Waals surface area contributed by atoms with Crippen molar-refractivity contribution in [3.8, 4) is 0 Å². The molecule has 1 fully saturated rings. The lowest BCUT2D eigenvalue weighted by atomic mass is 9.86. The van der Waals surface area contributed by atoms with E-state index in [0.29, 0.717) is 18.1 Å². The van der Waals surface area contributed by atoms with E-state index in [-0.39, 0.29) is 24.0 Å². The third kappa shape index (κ3) is 3.92. The summed E-state index contributed by atoms with van der Waals surface area (Å²) in [6.07, 6.45) is 4.12. The Kier molecular flexibility index (Phi) is 5.63. The average molecular weight is 515 g/mol. The highest BCUT2D eigenvalue weighted by Gasteiger charge is 2.34. The lowest BCUT2D eigenvalue weighted by Crippen LogP contribution is -2.50. The first-order chi connectivity index (χ1) is 16.5. The number of aryl methyl sites for hydroxylation is 1. The summed E-state index contributed by atoms with van der Waals surface area (Å²) >= 11 is 9.50. The monoisotopic (exact) mass is 514 g/mol. The molecular weight excluding hydrogens is 492 g/mol. The molecule has 0 saturated carbocycles. The second-order valence-electron chi connectivity index (χ2n) is 9.04. The van der Waals surface area contributed by atoms with Gasteiger partial charge in [0.2, 0.25) is 5.91 Å². The largest absolute Gasteiger partial charge is 0.372 e. The number of amides is 1. The van der Waals surface area contributed by atoms with Gasteiger partial charge in [-0.3, -0.25) is 4.79 Å². The lowest BCUT2D eigenvalue weighted by Gasteiger charge is -2.37. The number of nitrogens with zero attached hydrogens (tertiary/aromatic N) is 5. The van der Waals surface area contributed by atoms with Crippen LogP contribution in [0.25, 0.3) is 20.4 Å². The first kappa shape index (κ1) is 22.1. The van der Waals surface area contributed by atoms with Gasteiger partial charge < -0.3 is 15.0 Å². The van der Waals surface area contributed by atoms with E-state index in [2.05, 4.69) is 24.9 Å². The first-order valence-corrected chi connectivity index (χ1v) is 13.3. The maximum Gasteiger partial charge on any atom is 0.226 e. The Balaban J connectivity index is 1.29. The van der Waals surface area contributed by atoms with Crippen LogP contribution in [-0.4, -0.2) is 55.7 Å². The molecule has 3 atom stereocenters. The Hall–Kier alpha value is -2.40. The number of morpholine rings is 1. The Morgan fingerprint density at radius 1 is 1.24 bits per heavy atom. The molecule has 1 N–H and O–H groups in total. The number of aromatic nitrogens is 4. The standard InChI is InChI=1S/C23H23ClN6O2S2/c1-11-8-30(9-12(2)32-11)23(31)13-3-4-14-18(5-13)33-22-20(14)21(25-10-26-22)27-16-7-19-17(6-15(16)24)28-29-34-19/h6-7,10-13H,3-5,8-9H2,1-2H3,(H,25,26,27)/t11-,12-,13-/m0/s1. The van der Waals surface area contributed by atoms with Gasteiger partial charge in [0.1, 0.15) is 22.5 Å². The Morgan fingerprint density at radius 2 is 2.06 bits per heavy atom. The van der Waals surface area contributed by atoms with E-state index in [9.17, 15) is 4.79 Å². The molecule has 11 heteroatoms.